The van der Waals surface area contributed by atoms with Crippen LogP contribution in [0, 0.1) is 13.8 Å². The van der Waals surface area contributed by atoms with Gasteiger partial charge in [-0.2, -0.15) is 5.10 Å². The van der Waals surface area contributed by atoms with Crippen LogP contribution in [-0.4, -0.2) is 20.1 Å². The molecule has 0 bridgehead atoms. The Morgan fingerprint density at radius 3 is 2.63 bits per heavy atom. The fourth-order valence-electron chi connectivity index (χ4n) is 1.96. The molecular formula is C12H13N5O2. The molecule has 3 rings (SSSR count). The summed E-state index contributed by atoms with van der Waals surface area (Å²) in [7, 11) is 1.87. The molecule has 0 unspecified atom stereocenters. The number of hydrogen-bond acceptors (Lipinski definition) is 6. The van der Waals surface area contributed by atoms with E-state index in [1.807, 2.05) is 20.9 Å². The van der Waals surface area contributed by atoms with Crippen molar-refractivity contribution in [2.75, 3.05) is 5.73 Å². The summed E-state index contributed by atoms with van der Waals surface area (Å²) in [6.45, 7) is 3.82. The minimum absolute atomic E-state index is 0.497. The number of nitrogens with zero attached hydrogens (tertiary/aromatic N) is 4. The Bertz CT molecular complexity index is 759. The van der Waals surface area contributed by atoms with Crippen molar-refractivity contribution in [3.63, 3.8) is 0 Å². The summed E-state index contributed by atoms with van der Waals surface area (Å²) in [5, 5.41) is 11.9. The van der Waals surface area contributed by atoms with Crippen molar-refractivity contribution in [1.82, 2.24) is 20.1 Å². The van der Waals surface area contributed by atoms with Crippen molar-refractivity contribution in [2.45, 2.75) is 13.8 Å². The molecule has 7 nitrogen and oxygen atoms in total. The highest BCUT2D eigenvalue weighted by molar-refractivity contribution is 5.90. The third-order valence-corrected chi connectivity index (χ3v) is 3.06. The van der Waals surface area contributed by atoms with E-state index in [0.717, 1.165) is 11.4 Å². The number of rotatable bonds is 2. The van der Waals surface area contributed by atoms with E-state index in [2.05, 4.69) is 15.4 Å². The zero-order valence-electron chi connectivity index (χ0n) is 10.8. The summed E-state index contributed by atoms with van der Waals surface area (Å²) in [4.78, 5) is 0. The third-order valence-electron chi connectivity index (χ3n) is 3.06. The number of ether oxygens (including phenoxy) is 1. The van der Waals surface area contributed by atoms with Crippen LogP contribution in [0.5, 0.6) is 11.5 Å². The lowest BCUT2D eigenvalue weighted by Crippen LogP contribution is -1.94. The van der Waals surface area contributed by atoms with E-state index in [4.69, 9.17) is 15.1 Å². The first-order chi connectivity index (χ1) is 9.08. The van der Waals surface area contributed by atoms with Gasteiger partial charge in [0.15, 0.2) is 22.5 Å². The lowest BCUT2D eigenvalue weighted by molar-refractivity contribution is 0.314. The fourth-order valence-corrected chi connectivity index (χ4v) is 1.96. The minimum atomic E-state index is 0.497. The van der Waals surface area contributed by atoms with Crippen molar-refractivity contribution in [2.24, 2.45) is 7.05 Å². The zero-order valence-corrected chi connectivity index (χ0v) is 10.8. The summed E-state index contributed by atoms with van der Waals surface area (Å²) in [6.07, 6.45) is 0. The van der Waals surface area contributed by atoms with Gasteiger partial charge in [-0.05, 0) is 36.3 Å². The van der Waals surface area contributed by atoms with Crippen LogP contribution >= 0.6 is 0 Å². The minimum Gasteiger partial charge on any atom is -0.451 e. The van der Waals surface area contributed by atoms with Gasteiger partial charge in [-0.25, -0.2) is 4.63 Å². The molecule has 1 aromatic carbocycles. The number of aromatic nitrogens is 4. The standard InChI is InChI=1S/C12H13N5O2/c1-6-12(7(2)17(3)14-6)18-9-5-4-8(13)10-11(9)16-19-15-10/h4-5H,13H2,1-3H3. The lowest BCUT2D eigenvalue weighted by atomic mass is 10.2. The largest absolute Gasteiger partial charge is 0.451 e. The van der Waals surface area contributed by atoms with Crippen LogP contribution in [0.4, 0.5) is 5.69 Å². The molecule has 0 spiro atoms. The number of fused-ring (bicyclic) bond motifs is 1. The molecular weight excluding hydrogens is 246 g/mol. The van der Waals surface area contributed by atoms with Gasteiger partial charge in [-0.1, -0.05) is 0 Å². The van der Waals surface area contributed by atoms with E-state index in [-0.39, 0.29) is 0 Å². The van der Waals surface area contributed by atoms with Gasteiger partial charge in [0.2, 0.25) is 0 Å². The van der Waals surface area contributed by atoms with E-state index in [1.54, 1.807) is 16.8 Å². The molecule has 0 aliphatic heterocycles. The maximum atomic E-state index is 5.89. The summed E-state index contributed by atoms with van der Waals surface area (Å²) in [5.41, 5.74) is 9.03. The normalized spacial score (nSPS) is 11.1. The molecule has 0 amide bonds. The topological polar surface area (TPSA) is 92.0 Å². The van der Waals surface area contributed by atoms with Crippen molar-refractivity contribution >= 4 is 16.7 Å². The summed E-state index contributed by atoms with van der Waals surface area (Å²) in [6, 6.07) is 3.46. The second-order valence-corrected chi connectivity index (χ2v) is 4.34. The average Bonchev–Trinajstić information content (AvgIpc) is 2.94. The van der Waals surface area contributed by atoms with Crippen LogP contribution in [0.15, 0.2) is 16.8 Å². The van der Waals surface area contributed by atoms with E-state index in [0.29, 0.717) is 28.2 Å². The summed E-state index contributed by atoms with van der Waals surface area (Å²) in [5.74, 6) is 1.25. The van der Waals surface area contributed by atoms with E-state index in [1.165, 1.54) is 0 Å². The van der Waals surface area contributed by atoms with Crippen LogP contribution in [0.3, 0.4) is 0 Å². The van der Waals surface area contributed by atoms with Gasteiger partial charge in [0.1, 0.15) is 5.69 Å². The molecule has 0 atom stereocenters. The Labute approximate surface area is 108 Å². The smallest absolute Gasteiger partial charge is 0.179 e. The molecule has 0 radical (unpaired) electrons. The molecule has 2 N–H and O–H groups in total. The number of nitrogen functional groups attached to an aromatic ring is 1. The van der Waals surface area contributed by atoms with E-state index >= 15 is 0 Å². The number of anilines is 1. The highest BCUT2D eigenvalue weighted by atomic mass is 16.6. The molecule has 19 heavy (non-hydrogen) atoms. The van der Waals surface area contributed by atoms with Crippen LogP contribution in [-0.2, 0) is 7.05 Å². The van der Waals surface area contributed by atoms with Crippen molar-refractivity contribution in [3.05, 3.63) is 23.5 Å². The summed E-state index contributed by atoms with van der Waals surface area (Å²) < 4.78 is 12.4. The molecule has 7 heteroatoms. The Kier molecular flexibility index (Phi) is 2.41. The lowest BCUT2D eigenvalue weighted by Gasteiger charge is -2.06. The second kappa shape index (κ2) is 3.98. The first-order valence-corrected chi connectivity index (χ1v) is 5.76. The van der Waals surface area contributed by atoms with Crippen LogP contribution in [0.2, 0.25) is 0 Å². The predicted octanol–water partition coefficient (Wildman–Crippen LogP) is 1.95. The number of nitrogens with two attached hydrogens (primary N) is 1. The number of aryl methyl sites for hydroxylation is 2. The average molecular weight is 259 g/mol. The molecule has 98 valence electrons. The van der Waals surface area contributed by atoms with Crippen LogP contribution in [0.25, 0.3) is 11.0 Å². The molecule has 0 saturated carbocycles. The highest BCUT2D eigenvalue weighted by Crippen LogP contribution is 2.33. The second-order valence-electron chi connectivity index (χ2n) is 4.34. The fraction of sp³-hybridized carbons (Fsp3) is 0.250. The van der Waals surface area contributed by atoms with Gasteiger partial charge < -0.3 is 10.5 Å². The maximum Gasteiger partial charge on any atom is 0.179 e. The maximum absolute atomic E-state index is 5.89. The van der Waals surface area contributed by atoms with E-state index < -0.39 is 0 Å². The van der Waals surface area contributed by atoms with Crippen molar-refractivity contribution < 1.29 is 9.37 Å². The SMILES string of the molecule is Cc1nn(C)c(C)c1Oc1ccc(N)c2nonc12. The monoisotopic (exact) mass is 259 g/mol. The van der Waals surface area contributed by atoms with Gasteiger partial charge in [-0.15, -0.1) is 0 Å². The van der Waals surface area contributed by atoms with Crippen LogP contribution < -0.4 is 10.5 Å². The molecule has 2 aromatic heterocycles. The van der Waals surface area contributed by atoms with Crippen molar-refractivity contribution in [1.29, 1.82) is 0 Å². The highest BCUT2D eigenvalue weighted by Gasteiger charge is 2.16. The Balaban J connectivity index is 2.11. The molecule has 0 saturated heterocycles. The van der Waals surface area contributed by atoms with Crippen LogP contribution in [0.1, 0.15) is 11.4 Å². The van der Waals surface area contributed by atoms with Gasteiger partial charge in [0.05, 0.1) is 11.4 Å². The number of hydrogen-bond donors (Lipinski definition) is 1. The first kappa shape index (κ1) is 11.5. The van der Waals surface area contributed by atoms with Gasteiger partial charge >= 0.3 is 0 Å². The van der Waals surface area contributed by atoms with Gasteiger partial charge in [-0.3, -0.25) is 4.68 Å². The summed E-state index contributed by atoms with van der Waals surface area (Å²) >= 11 is 0. The molecule has 2 heterocycles. The number of benzene rings is 1. The first-order valence-electron chi connectivity index (χ1n) is 5.76. The Morgan fingerprint density at radius 2 is 1.95 bits per heavy atom. The quantitative estimate of drug-likeness (QED) is 0.707. The van der Waals surface area contributed by atoms with E-state index in [9.17, 15) is 0 Å². The van der Waals surface area contributed by atoms with Gasteiger partial charge in [0.25, 0.3) is 0 Å². The Hall–Kier alpha value is -2.57. The molecule has 0 aliphatic rings. The molecule has 0 fully saturated rings. The zero-order chi connectivity index (χ0) is 13.6. The predicted molar refractivity (Wildman–Crippen MR) is 69.0 cm³/mol. The Morgan fingerprint density at radius 1 is 1.21 bits per heavy atom. The van der Waals surface area contributed by atoms with Crippen molar-refractivity contribution in [3.8, 4) is 11.5 Å². The van der Waals surface area contributed by atoms with Gasteiger partial charge in [0, 0.05) is 7.05 Å². The third kappa shape index (κ3) is 1.70. The molecule has 3 aromatic rings. The molecule has 0 aliphatic carbocycles.